The Kier molecular flexibility index (Phi) is 6.81. The molecule has 0 radical (unpaired) electrons. The van der Waals surface area contributed by atoms with Gasteiger partial charge in [0.1, 0.15) is 0 Å². The zero-order valence-electron chi connectivity index (χ0n) is 18.6. The topological polar surface area (TPSA) is 71.4 Å². The van der Waals surface area contributed by atoms with Crippen LogP contribution in [-0.2, 0) is 11.8 Å². The molecule has 2 N–H and O–H groups in total. The van der Waals surface area contributed by atoms with E-state index in [-0.39, 0.29) is 6.03 Å². The number of rotatable bonds is 5. The number of amides is 2. The number of anilines is 3. The van der Waals surface area contributed by atoms with Crippen LogP contribution in [0.3, 0.4) is 0 Å². The summed E-state index contributed by atoms with van der Waals surface area (Å²) in [5.41, 5.74) is 5.67. The molecule has 8 heteroatoms. The van der Waals surface area contributed by atoms with E-state index in [1.54, 1.807) is 6.20 Å². The summed E-state index contributed by atoms with van der Waals surface area (Å²) < 4.78 is 8.23. The molecular formula is C24H28BrN5O2. The highest BCUT2D eigenvalue weighted by Crippen LogP contribution is 2.33. The molecule has 0 bridgehead atoms. The first kappa shape index (κ1) is 22.4. The van der Waals surface area contributed by atoms with E-state index in [0.29, 0.717) is 24.8 Å². The maximum atomic E-state index is 12.7. The molecule has 1 saturated heterocycles. The van der Waals surface area contributed by atoms with E-state index in [4.69, 9.17) is 4.74 Å². The Balaban J connectivity index is 1.59. The van der Waals surface area contributed by atoms with Crippen LogP contribution in [0.5, 0.6) is 0 Å². The zero-order chi connectivity index (χ0) is 22.7. The highest BCUT2D eigenvalue weighted by atomic mass is 79.9. The Morgan fingerprint density at radius 3 is 2.38 bits per heavy atom. The molecule has 1 aliphatic rings. The lowest BCUT2D eigenvalue weighted by Crippen LogP contribution is -2.36. The minimum atomic E-state index is -0.281. The monoisotopic (exact) mass is 497 g/mol. The van der Waals surface area contributed by atoms with Crippen molar-refractivity contribution >= 4 is 39.0 Å². The number of halogens is 1. The van der Waals surface area contributed by atoms with Crippen LogP contribution >= 0.6 is 15.9 Å². The summed E-state index contributed by atoms with van der Waals surface area (Å²) >= 11 is 3.59. The van der Waals surface area contributed by atoms with Gasteiger partial charge in [0, 0.05) is 42.8 Å². The second kappa shape index (κ2) is 9.75. The maximum absolute atomic E-state index is 12.7. The number of carbonyl (C=O) groups is 1. The van der Waals surface area contributed by atoms with Gasteiger partial charge in [0.05, 0.1) is 29.6 Å². The number of urea groups is 1. The summed E-state index contributed by atoms with van der Waals surface area (Å²) in [5.74, 6) is 0.450. The number of aryl methyl sites for hydroxylation is 1. The van der Waals surface area contributed by atoms with E-state index in [9.17, 15) is 4.79 Å². The largest absolute Gasteiger partial charge is 0.378 e. The second-order valence-corrected chi connectivity index (χ2v) is 9.04. The van der Waals surface area contributed by atoms with Gasteiger partial charge in [0.25, 0.3) is 0 Å². The smallest absolute Gasteiger partial charge is 0.323 e. The molecule has 0 saturated carbocycles. The third-order valence-corrected chi connectivity index (χ3v) is 6.13. The summed E-state index contributed by atoms with van der Waals surface area (Å²) in [5, 5.41) is 10.3. The Labute approximate surface area is 196 Å². The van der Waals surface area contributed by atoms with Gasteiger partial charge in [-0.3, -0.25) is 4.68 Å². The molecule has 1 aliphatic heterocycles. The Bertz CT molecular complexity index is 1070. The third kappa shape index (κ3) is 5.14. The van der Waals surface area contributed by atoms with Gasteiger partial charge in [-0.2, -0.15) is 5.10 Å². The van der Waals surface area contributed by atoms with Crippen molar-refractivity contribution in [1.82, 2.24) is 9.78 Å². The molecular weight excluding hydrogens is 470 g/mol. The molecule has 168 valence electrons. The van der Waals surface area contributed by atoms with Gasteiger partial charge in [0.15, 0.2) is 0 Å². The fraction of sp³-hybridized carbons (Fsp3) is 0.333. The van der Waals surface area contributed by atoms with Crippen LogP contribution in [0, 0.1) is 0 Å². The van der Waals surface area contributed by atoms with E-state index in [1.807, 2.05) is 48.1 Å². The lowest BCUT2D eigenvalue weighted by Gasteiger charge is -2.29. The van der Waals surface area contributed by atoms with E-state index >= 15 is 0 Å². The average molecular weight is 498 g/mol. The molecule has 0 unspecified atom stereocenters. The summed E-state index contributed by atoms with van der Waals surface area (Å²) in [6.45, 7) is 7.29. The van der Waals surface area contributed by atoms with Crippen LogP contribution in [0.2, 0.25) is 0 Å². The lowest BCUT2D eigenvalue weighted by atomic mass is 10.0. The molecule has 32 heavy (non-hydrogen) atoms. The molecule has 4 rings (SSSR count). The molecule has 1 fully saturated rings. The van der Waals surface area contributed by atoms with Crippen molar-refractivity contribution in [2.45, 2.75) is 19.8 Å². The number of benzene rings is 2. The number of hydrogen-bond acceptors (Lipinski definition) is 4. The van der Waals surface area contributed by atoms with Crippen LogP contribution in [0.1, 0.15) is 25.3 Å². The highest BCUT2D eigenvalue weighted by Gasteiger charge is 2.17. The number of nitrogens with one attached hydrogen (secondary N) is 2. The first-order valence-corrected chi connectivity index (χ1v) is 11.5. The Morgan fingerprint density at radius 1 is 1.06 bits per heavy atom. The zero-order valence-corrected chi connectivity index (χ0v) is 20.1. The molecule has 2 heterocycles. The number of aromatic nitrogens is 2. The molecule has 0 aliphatic carbocycles. The summed E-state index contributed by atoms with van der Waals surface area (Å²) in [4.78, 5) is 15.0. The minimum absolute atomic E-state index is 0.281. The Hall–Kier alpha value is -2.84. The van der Waals surface area contributed by atoms with E-state index in [1.165, 1.54) is 5.56 Å². The first-order valence-electron chi connectivity index (χ1n) is 10.7. The summed E-state index contributed by atoms with van der Waals surface area (Å²) in [6.07, 6.45) is 1.78. The van der Waals surface area contributed by atoms with E-state index in [2.05, 4.69) is 56.5 Å². The first-order chi connectivity index (χ1) is 15.4. The van der Waals surface area contributed by atoms with Crippen molar-refractivity contribution in [2.24, 2.45) is 7.05 Å². The molecule has 0 atom stereocenters. The van der Waals surface area contributed by atoms with Crippen LogP contribution in [0.4, 0.5) is 21.9 Å². The van der Waals surface area contributed by atoms with Crippen LogP contribution in [0.15, 0.2) is 53.1 Å². The number of morpholine rings is 1. The average Bonchev–Trinajstić information content (AvgIpc) is 3.12. The fourth-order valence-electron chi connectivity index (χ4n) is 3.80. The second-order valence-electron chi connectivity index (χ2n) is 8.19. The van der Waals surface area contributed by atoms with Crippen molar-refractivity contribution in [3.8, 4) is 11.3 Å². The molecule has 0 spiro atoms. The fourth-order valence-corrected chi connectivity index (χ4v) is 4.38. The lowest BCUT2D eigenvalue weighted by molar-refractivity contribution is 0.122. The predicted molar refractivity (Wildman–Crippen MR) is 133 cm³/mol. The Morgan fingerprint density at radius 2 is 1.75 bits per heavy atom. The van der Waals surface area contributed by atoms with Crippen molar-refractivity contribution in [1.29, 1.82) is 0 Å². The van der Waals surface area contributed by atoms with Gasteiger partial charge in [-0.25, -0.2) is 4.79 Å². The van der Waals surface area contributed by atoms with Crippen molar-refractivity contribution < 1.29 is 9.53 Å². The quantitative estimate of drug-likeness (QED) is 0.491. The van der Waals surface area contributed by atoms with Gasteiger partial charge in [-0.05, 0) is 57.7 Å². The SMILES string of the molecule is CC(C)c1ccc(NC(=O)Nc2cc(-c3c(Br)cnn3C)cc(N3CCOCC3)c2)cc1. The van der Waals surface area contributed by atoms with Gasteiger partial charge in [-0.1, -0.05) is 26.0 Å². The van der Waals surface area contributed by atoms with Crippen molar-refractivity contribution in [3.05, 3.63) is 58.7 Å². The molecule has 2 amide bonds. The normalized spacial score (nSPS) is 14.0. The van der Waals surface area contributed by atoms with E-state index in [0.717, 1.165) is 40.2 Å². The summed E-state index contributed by atoms with van der Waals surface area (Å²) in [7, 11) is 1.90. The van der Waals surface area contributed by atoms with Crippen molar-refractivity contribution in [3.63, 3.8) is 0 Å². The highest BCUT2D eigenvalue weighted by molar-refractivity contribution is 9.10. The van der Waals surface area contributed by atoms with Gasteiger partial charge >= 0.3 is 6.03 Å². The number of ether oxygens (including phenoxy) is 1. The molecule has 3 aromatic rings. The summed E-state index contributed by atoms with van der Waals surface area (Å²) in [6, 6.07) is 13.7. The maximum Gasteiger partial charge on any atom is 0.323 e. The van der Waals surface area contributed by atoms with Gasteiger partial charge < -0.3 is 20.3 Å². The number of hydrogen-bond donors (Lipinski definition) is 2. The van der Waals surface area contributed by atoms with E-state index < -0.39 is 0 Å². The number of nitrogens with zero attached hydrogens (tertiary/aromatic N) is 3. The van der Waals surface area contributed by atoms with Gasteiger partial charge in [-0.15, -0.1) is 0 Å². The number of carbonyl (C=O) groups excluding carboxylic acids is 1. The standard InChI is InChI=1S/C24H28BrN5O2/c1-16(2)17-4-6-19(7-5-17)27-24(31)28-20-12-18(23-22(25)15-26-29(23)3)13-21(14-20)30-8-10-32-11-9-30/h4-7,12-16H,8-11H2,1-3H3,(H2,27,28,31). The third-order valence-electron chi connectivity index (χ3n) is 5.55. The van der Waals surface area contributed by atoms with Crippen LogP contribution in [-0.4, -0.2) is 42.1 Å². The van der Waals surface area contributed by atoms with Crippen molar-refractivity contribution in [2.75, 3.05) is 41.8 Å². The molecule has 7 nitrogen and oxygen atoms in total. The van der Waals surface area contributed by atoms with Crippen LogP contribution < -0.4 is 15.5 Å². The minimum Gasteiger partial charge on any atom is -0.378 e. The van der Waals surface area contributed by atoms with Gasteiger partial charge in [0.2, 0.25) is 0 Å². The molecule has 1 aromatic heterocycles. The molecule has 2 aromatic carbocycles. The predicted octanol–water partition coefficient (Wildman–Crippen LogP) is 5.45. The van der Waals surface area contributed by atoms with Crippen LogP contribution in [0.25, 0.3) is 11.3 Å².